The molecule has 0 bridgehead atoms. The van der Waals surface area contributed by atoms with Crippen molar-refractivity contribution < 1.29 is 18.9 Å². The highest BCUT2D eigenvalue weighted by Gasteiger charge is 2.39. The first-order chi connectivity index (χ1) is 11.5. The van der Waals surface area contributed by atoms with Gasteiger partial charge in [0.05, 0.1) is 12.0 Å². The Hall–Kier alpha value is -2.42. The van der Waals surface area contributed by atoms with Crippen LogP contribution in [-0.2, 0) is 4.79 Å². The molecule has 2 aliphatic heterocycles. The number of carbonyl (C=O) groups excluding carboxylic acids is 2. The summed E-state index contributed by atoms with van der Waals surface area (Å²) < 4.78 is 4.91. The van der Waals surface area contributed by atoms with Crippen LogP contribution in [0.3, 0.4) is 0 Å². The molecule has 0 aromatic carbocycles. The second-order valence-electron chi connectivity index (χ2n) is 6.06. The largest absolute Gasteiger partial charge is 0.433 e. The van der Waals surface area contributed by atoms with Crippen LogP contribution in [0.25, 0.3) is 0 Å². The van der Waals surface area contributed by atoms with Gasteiger partial charge in [0.1, 0.15) is 4.92 Å². The number of furan rings is 1. The summed E-state index contributed by atoms with van der Waals surface area (Å²) in [6, 6.07) is 2.45. The van der Waals surface area contributed by atoms with E-state index in [0.29, 0.717) is 13.1 Å². The summed E-state index contributed by atoms with van der Waals surface area (Å²) in [5.41, 5.74) is 0. The van der Waals surface area contributed by atoms with Crippen LogP contribution in [0.15, 0.2) is 16.5 Å². The second-order valence-corrected chi connectivity index (χ2v) is 6.06. The van der Waals surface area contributed by atoms with E-state index in [2.05, 4.69) is 11.8 Å². The molecule has 3 heterocycles. The maximum Gasteiger partial charge on any atom is 0.433 e. The van der Waals surface area contributed by atoms with Gasteiger partial charge in [-0.25, -0.2) is 0 Å². The van der Waals surface area contributed by atoms with Crippen LogP contribution in [0.2, 0.25) is 0 Å². The van der Waals surface area contributed by atoms with Crippen LogP contribution in [0.5, 0.6) is 0 Å². The van der Waals surface area contributed by atoms with Gasteiger partial charge in [-0.2, -0.15) is 0 Å². The van der Waals surface area contributed by atoms with Crippen molar-refractivity contribution in [3.05, 3.63) is 28.0 Å². The zero-order valence-corrected chi connectivity index (χ0v) is 13.5. The van der Waals surface area contributed by atoms with E-state index in [1.807, 2.05) is 4.90 Å². The standard InChI is InChI=1S/C15H20N4O5/c1-2-16-5-7-17(8-6-16)14(20)11-9-18(10-11)15(21)12-3-4-13(24-12)19(22)23/h3-4,11H,2,5-10H2,1H3. The van der Waals surface area contributed by atoms with E-state index in [1.54, 1.807) is 0 Å². The van der Waals surface area contributed by atoms with E-state index in [0.717, 1.165) is 38.8 Å². The Morgan fingerprint density at radius 3 is 2.42 bits per heavy atom. The predicted octanol–water partition coefficient (Wildman–Crippen LogP) is 0.424. The van der Waals surface area contributed by atoms with Gasteiger partial charge in [-0.1, -0.05) is 6.92 Å². The highest BCUT2D eigenvalue weighted by Crippen LogP contribution is 2.24. The highest BCUT2D eigenvalue weighted by atomic mass is 16.6. The zero-order chi connectivity index (χ0) is 17.3. The van der Waals surface area contributed by atoms with Gasteiger partial charge in [-0.3, -0.25) is 19.7 Å². The number of hydrogen-bond acceptors (Lipinski definition) is 6. The minimum Gasteiger partial charge on any atom is -0.395 e. The molecule has 9 nitrogen and oxygen atoms in total. The molecule has 0 atom stereocenters. The van der Waals surface area contributed by atoms with Gasteiger partial charge in [-0.05, 0) is 12.6 Å². The summed E-state index contributed by atoms with van der Waals surface area (Å²) in [7, 11) is 0. The van der Waals surface area contributed by atoms with E-state index >= 15 is 0 Å². The first kappa shape index (κ1) is 16.4. The average Bonchev–Trinajstić information content (AvgIpc) is 3.03. The fraction of sp³-hybridized carbons (Fsp3) is 0.600. The lowest BCUT2D eigenvalue weighted by Gasteiger charge is -2.42. The van der Waals surface area contributed by atoms with Gasteiger partial charge >= 0.3 is 5.88 Å². The number of piperazine rings is 1. The molecule has 2 aliphatic rings. The van der Waals surface area contributed by atoms with Gasteiger partial charge in [0, 0.05) is 39.3 Å². The number of likely N-dealkylation sites (tertiary alicyclic amines) is 1. The summed E-state index contributed by atoms with van der Waals surface area (Å²) in [5, 5.41) is 10.6. The second kappa shape index (κ2) is 6.60. The number of hydrogen-bond donors (Lipinski definition) is 0. The number of nitro groups is 1. The first-order valence-corrected chi connectivity index (χ1v) is 8.04. The van der Waals surface area contributed by atoms with Gasteiger partial charge in [0.25, 0.3) is 5.91 Å². The third-order valence-corrected chi connectivity index (χ3v) is 4.63. The van der Waals surface area contributed by atoms with Gasteiger partial charge in [-0.15, -0.1) is 0 Å². The molecular formula is C15H20N4O5. The lowest BCUT2D eigenvalue weighted by molar-refractivity contribution is -0.402. The number of rotatable bonds is 4. The molecule has 2 fully saturated rings. The number of amides is 2. The van der Waals surface area contributed by atoms with Crippen LogP contribution < -0.4 is 0 Å². The van der Waals surface area contributed by atoms with Crippen LogP contribution in [0, 0.1) is 16.0 Å². The molecule has 3 rings (SSSR count). The summed E-state index contributed by atoms with van der Waals surface area (Å²) in [5.74, 6) is -1.04. The van der Waals surface area contributed by atoms with Crippen molar-refractivity contribution >= 4 is 17.7 Å². The van der Waals surface area contributed by atoms with Gasteiger partial charge in [0.15, 0.2) is 5.76 Å². The fourth-order valence-corrected chi connectivity index (χ4v) is 3.04. The lowest BCUT2D eigenvalue weighted by Crippen LogP contribution is -2.59. The monoisotopic (exact) mass is 336 g/mol. The number of nitrogens with zero attached hydrogens (tertiary/aromatic N) is 4. The smallest absolute Gasteiger partial charge is 0.395 e. The normalized spacial score (nSPS) is 19.2. The molecule has 1 aromatic rings. The lowest BCUT2D eigenvalue weighted by atomic mass is 9.97. The molecule has 2 saturated heterocycles. The van der Waals surface area contributed by atoms with Crippen molar-refractivity contribution in [3.8, 4) is 0 Å². The minimum atomic E-state index is -0.685. The molecule has 0 N–H and O–H groups in total. The van der Waals surface area contributed by atoms with Crippen molar-refractivity contribution in [2.75, 3.05) is 45.8 Å². The number of likely N-dealkylation sites (N-methyl/N-ethyl adjacent to an activating group) is 1. The van der Waals surface area contributed by atoms with E-state index in [1.165, 1.54) is 11.0 Å². The maximum atomic E-state index is 12.4. The number of carbonyl (C=O) groups is 2. The minimum absolute atomic E-state index is 0.0656. The topological polar surface area (TPSA) is 100 Å². The first-order valence-electron chi connectivity index (χ1n) is 8.04. The highest BCUT2D eigenvalue weighted by molar-refractivity contribution is 5.94. The molecule has 0 aliphatic carbocycles. The van der Waals surface area contributed by atoms with Crippen LogP contribution in [0.4, 0.5) is 5.88 Å². The summed E-state index contributed by atoms with van der Waals surface area (Å²) in [6.07, 6.45) is 0. The molecule has 0 spiro atoms. The fourth-order valence-electron chi connectivity index (χ4n) is 3.04. The zero-order valence-electron chi connectivity index (χ0n) is 13.5. The Labute approximate surface area is 138 Å². The SMILES string of the molecule is CCN1CCN(C(=O)C2CN(C(=O)c3ccc([N+](=O)[O-])o3)C2)CC1. The summed E-state index contributed by atoms with van der Waals surface area (Å²) in [6.45, 7) is 6.97. The Morgan fingerprint density at radius 1 is 1.21 bits per heavy atom. The van der Waals surface area contributed by atoms with Crippen molar-refractivity contribution in [2.24, 2.45) is 5.92 Å². The average molecular weight is 336 g/mol. The van der Waals surface area contributed by atoms with E-state index < -0.39 is 16.7 Å². The summed E-state index contributed by atoms with van der Waals surface area (Å²) in [4.78, 5) is 40.1. The predicted molar refractivity (Wildman–Crippen MR) is 83.4 cm³/mol. The van der Waals surface area contributed by atoms with E-state index in [-0.39, 0.29) is 17.6 Å². The maximum absolute atomic E-state index is 12.4. The van der Waals surface area contributed by atoms with Gasteiger partial charge < -0.3 is 19.1 Å². The molecule has 0 radical (unpaired) electrons. The molecule has 0 unspecified atom stereocenters. The molecule has 2 amide bonds. The third kappa shape index (κ3) is 3.12. The molecule has 24 heavy (non-hydrogen) atoms. The summed E-state index contributed by atoms with van der Waals surface area (Å²) >= 11 is 0. The molecule has 1 aromatic heterocycles. The molecule has 130 valence electrons. The Bertz CT molecular complexity index is 644. The Balaban J connectivity index is 1.50. The van der Waals surface area contributed by atoms with Crippen molar-refractivity contribution in [2.45, 2.75) is 6.92 Å². The molecular weight excluding hydrogens is 316 g/mol. The van der Waals surface area contributed by atoms with Crippen LogP contribution >= 0.6 is 0 Å². The Morgan fingerprint density at radius 2 is 1.88 bits per heavy atom. The van der Waals surface area contributed by atoms with E-state index in [4.69, 9.17) is 4.42 Å². The van der Waals surface area contributed by atoms with Crippen LogP contribution in [-0.4, -0.2) is 77.3 Å². The quantitative estimate of drug-likeness (QED) is 0.584. The molecule has 0 saturated carbocycles. The van der Waals surface area contributed by atoms with Crippen molar-refractivity contribution in [1.29, 1.82) is 0 Å². The van der Waals surface area contributed by atoms with Crippen LogP contribution in [0.1, 0.15) is 17.5 Å². The third-order valence-electron chi connectivity index (χ3n) is 4.63. The Kier molecular flexibility index (Phi) is 4.52. The van der Waals surface area contributed by atoms with Crippen molar-refractivity contribution in [1.82, 2.24) is 14.7 Å². The molecule has 9 heteroatoms. The van der Waals surface area contributed by atoms with E-state index in [9.17, 15) is 19.7 Å². The van der Waals surface area contributed by atoms with Gasteiger partial charge in [0.2, 0.25) is 5.91 Å². The van der Waals surface area contributed by atoms with Crippen molar-refractivity contribution in [3.63, 3.8) is 0 Å².